The molecule has 0 rings (SSSR count). The fourth-order valence-corrected chi connectivity index (χ4v) is 0.594. The number of aliphatic hydroxyl groups excluding tert-OH is 1. The molecule has 0 saturated heterocycles. The molecule has 4 N–H and O–H groups in total. The van der Waals surface area contributed by atoms with Crippen molar-refractivity contribution in [2.75, 3.05) is 26.3 Å². The van der Waals surface area contributed by atoms with Crippen molar-refractivity contribution >= 4 is 5.91 Å². The number of hydrogen-bond acceptors (Lipinski definition) is 4. The molecule has 1 atom stereocenters. The van der Waals surface area contributed by atoms with E-state index in [0.717, 1.165) is 0 Å². The maximum Gasteiger partial charge on any atom is 0.246 e. The minimum absolute atomic E-state index is 0.103. The van der Waals surface area contributed by atoms with Gasteiger partial charge in [0.1, 0.15) is 6.10 Å². The summed E-state index contributed by atoms with van der Waals surface area (Å²) in [5, 5.41) is 11.3. The number of ether oxygens (including phenoxy) is 1. The minimum Gasteiger partial charge on any atom is -0.395 e. The predicted octanol–water partition coefficient (Wildman–Crippen LogP) is -1.54. The topological polar surface area (TPSA) is 84.6 Å². The highest BCUT2D eigenvalue weighted by Crippen LogP contribution is 1.86. The van der Waals surface area contributed by atoms with Crippen LogP contribution in [-0.4, -0.2) is 43.4 Å². The summed E-state index contributed by atoms with van der Waals surface area (Å²) in [5.74, 6) is -0.461. The van der Waals surface area contributed by atoms with Crippen molar-refractivity contribution in [2.24, 2.45) is 5.73 Å². The summed E-state index contributed by atoms with van der Waals surface area (Å²) >= 11 is 0. The standard InChI is InChI=1S/C7H16N2O3/c1-6(7(8)11)12-5-3-9-2-4-10/h6,9-10H,2-5H2,1H3,(H2,8,11). The average molecular weight is 176 g/mol. The van der Waals surface area contributed by atoms with Gasteiger partial charge in [0.2, 0.25) is 5.91 Å². The molecule has 1 amide bonds. The monoisotopic (exact) mass is 176 g/mol. The van der Waals surface area contributed by atoms with Crippen LogP contribution in [0.5, 0.6) is 0 Å². The summed E-state index contributed by atoms with van der Waals surface area (Å²) < 4.78 is 5.03. The van der Waals surface area contributed by atoms with Crippen LogP contribution in [0, 0.1) is 0 Å². The van der Waals surface area contributed by atoms with Gasteiger partial charge in [-0.1, -0.05) is 0 Å². The number of carbonyl (C=O) groups is 1. The molecule has 12 heavy (non-hydrogen) atoms. The lowest BCUT2D eigenvalue weighted by atomic mass is 10.4. The van der Waals surface area contributed by atoms with Crippen molar-refractivity contribution in [3.63, 3.8) is 0 Å². The molecule has 0 aliphatic carbocycles. The molecular weight excluding hydrogens is 160 g/mol. The van der Waals surface area contributed by atoms with Crippen molar-refractivity contribution in [1.29, 1.82) is 0 Å². The van der Waals surface area contributed by atoms with Crippen LogP contribution in [0.15, 0.2) is 0 Å². The Morgan fingerprint density at radius 1 is 1.67 bits per heavy atom. The van der Waals surface area contributed by atoms with Gasteiger partial charge in [-0.3, -0.25) is 4.79 Å². The second-order valence-electron chi connectivity index (χ2n) is 2.39. The zero-order chi connectivity index (χ0) is 9.40. The van der Waals surface area contributed by atoms with Crippen molar-refractivity contribution in [3.8, 4) is 0 Å². The van der Waals surface area contributed by atoms with E-state index in [9.17, 15) is 4.79 Å². The number of carbonyl (C=O) groups excluding carboxylic acids is 1. The van der Waals surface area contributed by atoms with Crippen LogP contribution < -0.4 is 11.1 Å². The Morgan fingerprint density at radius 2 is 2.33 bits per heavy atom. The van der Waals surface area contributed by atoms with E-state index in [1.165, 1.54) is 0 Å². The van der Waals surface area contributed by atoms with Gasteiger partial charge >= 0.3 is 0 Å². The lowest BCUT2D eigenvalue weighted by molar-refractivity contribution is -0.128. The highest BCUT2D eigenvalue weighted by molar-refractivity contribution is 5.78. The molecule has 0 aliphatic heterocycles. The first-order chi connectivity index (χ1) is 5.68. The molecule has 1 unspecified atom stereocenters. The van der Waals surface area contributed by atoms with Crippen LogP contribution in [0.1, 0.15) is 6.92 Å². The normalized spacial score (nSPS) is 12.8. The first kappa shape index (κ1) is 11.4. The molecule has 0 heterocycles. The second kappa shape index (κ2) is 7.02. The van der Waals surface area contributed by atoms with Gasteiger partial charge in [0.15, 0.2) is 0 Å². The first-order valence-electron chi connectivity index (χ1n) is 3.91. The van der Waals surface area contributed by atoms with Crippen molar-refractivity contribution in [2.45, 2.75) is 13.0 Å². The van der Waals surface area contributed by atoms with Crippen molar-refractivity contribution in [3.05, 3.63) is 0 Å². The summed E-state index contributed by atoms with van der Waals surface area (Å²) in [6.07, 6.45) is -0.541. The molecule has 0 aliphatic rings. The van der Waals surface area contributed by atoms with Gasteiger partial charge < -0.3 is 20.9 Å². The third-order valence-corrected chi connectivity index (χ3v) is 1.34. The highest BCUT2D eigenvalue weighted by Gasteiger charge is 2.06. The molecule has 0 aromatic heterocycles. The second-order valence-corrected chi connectivity index (χ2v) is 2.39. The number of primary amides is 1. The Kier molecular flexibility index (Phi) is 6.64. The van der Waals surface area contributed by atoms with Gasteiger partial charge in [-0.05, 0) is 6.92 Å². The minimum atomic E-state index is -0.541. The maximum atomic E-state index is 10.5. The van der Waals surface area contributed by atoms with Crippen LogP contribution in [0.3, 0.4) is 0 Å². The van der Waals surface area contributed by atoms with Crippen LogP contribution in [0.2, 0.25) is 0 Å². The molecule has 5 nitrogen and oxygen atoms in total. The van der Waals surface area contributed by atoms with Crippen LogP contribution in [0.25, 0.3) is 0 Å². The van der Waals surface area contributed by atoms with E-state index in [0.29, 0.717) is 19.7 Å². The zero-order valence-electron chi connectivity index (χ0n) is 7.25. The average Bonchev–Trinajstić information content (AvgIpc) is 2.03. The number of hydrogen-bond donors (Lipinski definition) is 3. The SMILES string of the molecule is CC(OCCNCCO)C(N)=O. The van der Waals surface area contributed by atoms with E-state index in [1.807, 2.05) is 0 Å². The zero-order valence-corrected chi connectivity index (χ0v) is 7.25. The summed E-state index contributed by atoms with van der Waals surface area (Å²) in [5.41, 5.74) is 4.95. The van der Waals surface area contributed by atoms with E-state index >= 15 is 0 Å². The van der Waals surface area contributed by atoms with Crippen molar-refractivity contribution < 1.29 is 14.6 Å². The van der Waals surface area contributed by atoms with Gasteiger partial charge in [0.25, 0.3) is 0 Å². The lowest BCUT2D eigenvalue weighted by Crippen LogP contribution is -2.31. The van der Waals surface area contributed by atoms with E-state index < -0.39 is 12.0 Å². The Bertz CT molecular complexity index is 130. The van der Waals surface area contributed by atoms with Gasteiger partial charge in [-0.15, -0.1) is 0 Å². The van der Waals surface area contributed by atoms with Crippen LogP contribution in [0.4, 0.5) is 0 Å². The van der Waals surface area contributed by atoms with Gasteiger partial charge in [-0.2, -0.15) is 0 Å². The summed E-state index contributed by atoms with van der Waals surface area (Å²) in [4.78, 5) is 10.5. The number of rotatable bonds is 7. The summed E-state index contributed by atoms with van der Waals surface area (Å²) in [7, 11) is 0. The Labute approximate surface area is 71.9 Å². The number of nitrogens with one attached hydrogen (secondary N) is 1. The molecule has 0 aromatic carbocycles. The Hall–Kier alpha value is -0.650. The summed E-state index contributed by atoms with van der Waals surface area (Å²) in [6, 6.07) is 0. The largest absolute Gasteiger partial charge is 0.395 e. The van der Waals surface area contributed by atoms with E-state index in [2.05, 4.69) is 5.32 Å². The molecular formula is C7H16N2O3. The number of aliphatic hydroxyl groups is 1. The molecule has 0 bridgehead atoms. The van der Waals surface area contributed by atoms with E-state index in [1.54, 1.807) is 6.92 Å². The van der Waals surface area contributed by atoms with E-state index in [4.69, 9.17) is 15.6 Å². The number of amides is 1. The van der Waals surface area contributed by atoms with E-state index in [-0.39, 0.29) is 6.61 Å². The van der Waals surface area contributed by atoms with Crippen LogP contribution >= 0.6 is 0 Å². The molecule has 0 radical (unpaired) electrons. The van der Waals surface area contributed by atoms with Gasteiger partial charge in [-0.25, -0.2) is 0 Å². The Morgan fingerprint density at radius 3 is 2.83 bits per heavy atom. The fourth-order valence-electron chi connectivity index (χ4n) is 0.594. The fraction of sp³-hybridized carbons (Fsp3) is 0.857. The lowest BCUT2D eigenvalue weighted by Gasteiger charge is -2.08. The molecule has 72 valence electrons. The van der Waals surface area contributed by atoms with Crippen LogP contribution in [-0.2, 0) is 9.53 Å². The Balaban J connectivity index is 3.14. The third-order valence-electron chi connectivity index (χ3n) is 1.34. The molecule has 0 fully saturated rings. The highest BCUT2D eigenvalue weighted by atomic mass is 16.5. The molecule has 0 spiro atoms. The summed E-state index contributed by atoms with van der Waals surface area (Å²) in [6.45, 7) is 3.27. The quantitative estimate of drug-likeness (QED) is 0.410. The van der Waals surface area contributed by atoms with Gasteiger partial charge in [0, 0.05) is 13.1 Å². The third kappa shape index (κ3) is 6.09. The predicted molar refractivity (Wildman–Crippen MR) is 44.6 cm³/mol. The maximum absolute atomic E-state index is 10.5. The molecule has 5 heteroatoms. The molecule has 0 aromatic rings. The smallest absolute Gasteiger partial charge is 0.246 e. The molecule has 0 saturated carbocycles. The number of nitrogens with two attached hydrogens (primary N) is 1. The first-order valence-corrected chi connectivity index (χ1v) is 3.91. The van der Waals surface area contributed by atoms with Crippen molar-refractivity contribution in [1.82, 2.24) is 5.32 Å². The van der Waals surface area contributed by atoms with Gasteiger partial charge in [0.05, 0.1) is 13.2 Å².